The fourth-order valence-electron chi connectivity index (χ4n) is 1.62. The van der Waals surface area contributed by atoms with E-state index in [0.29, 0.717) is 17.9 Å². The number of amides is 1. The fourth-order valence-corrected chi connectivity index (χ4v) is 1.62. The van der Waals surface area contributed by atoms with Gasteiger partial charge in [0.2, 0.25) is 0 Å². The number of benzene rings is 1. The van der Waals surface area contributed by atoms with Crippen molar-refractivity contribution in [2.45, 2.75) is 27.2 Å². The highest BCUT2D eigenvalue weighted by Crippen LogP contribution is 2.04. The molecule has 0 unspecified atom stereocenters. The molecule has 0 fully saturated rings. The maximum Gasteiger partial charge on any atom is 0.251 e. The van der Waals surface area contributed by atoms with E-state index in [0.717, 1.165) is 6.42 Å². The monoisotopic (exact) mass is 277 g/mol. The average molecular weight is 277 g/mol. The Morgan fingerprint density at radius 3 is 2.45 bits per heavy atom. The van der Waals surface area contributed by atoms with Crippen LogP contribution in [-0.2, 0) is 6.42 Å². The molecule has 0 atom stereocenters. The Kier molecular flexibility index (Phi) is 6.52. The summed E-state index contributed by atoms with van der Waals surface area (Å²) in [4.78, 5) is 11.9. The summed E-state index contributed by atoms with van der Waals surface area (Å²) in [6.07, 6.45) is 0.973. The predicted octanol–water partition coefficient (Wildman–Crippen LogP) is 1.27. The second-order valence-electron chi connectivity index (χ2n) is 4.06. The third kappa shape index (κ3) is 4.55. The number of nitrogens with zero attached hydrogens (tertiary/aromatic N) is 2. The number of hydrogen-bond acceptors (Lipinski definition) is 5. The summed E-state index contributed by atoms with van der Waals surface area (Å²) in [5, 5.41) is 8.39. The van der Waals surface area contributed by atoms with Crippen LogP contribution < -0.4 is 16.3 Å². The topological polar surface area (TPSA) is 68.8 Å². The zero-order chi connectivity index (χ0) is 15.0. The summed E-state index contributed by atoms with van der Waals surface area (Å²) in [5.74, 6) is 0.577. The molecule has 6 heteroatoms. The molecule has 1 amide bonds. The molecule has 1 aliphatic heterocycles. The predicted molar refractivity (Wildman–Crippen MR) is 81.0 cm³/mol. The van der Waals surface area contributed by atoms with E-state index in [4.69, 9.17) is 0 Å². The van der Waals surface area contributed by atoms with Crippen molar-refractivity contribution in [1.29, 1.82) is 0 Å². The minimum atomic E-state index is -0.100. The van der Waals surface area contributed by atoms with E-state index in [9.17, 15) is 4.79 Å². The SMILES string of the molecule is CC.CCc1ccc(C(=O)NCC2=NNN(C)N2)cc1. The Morgan fingerprint density at radius 2 is 1.95 bits per heavy atom. The molecule has 20 heavy (non-hydrogen) atoms. The van der Waals surface area contributed by atoms with Crippen LogP contribution in [0.4, 0.5) is 0 Å². The third-order valence-electron chi connectivity index (χ3n) is 2.67. The Hall–Kier alpha value is -2.08. The van der Waals surface area contributed by atoms with Crippen molar-refractivity contribution in [3.8, 4) is 0 Å². The molecule has 6 nitrogen and oxygen atoms in total. The molecule has 110 valence electrons. The first-order chi connectivity index (χ1) is 9.69. The lowest BCUT2D eigenvalue weighted by Crippen LogP contribution is -2.41. The van der Waals surface area contributed by atoms with Gasteiger partial charge in [0.25, 0.3) is 5.91 Å². The highest BCUT2D eigenvalue weighted by Gasteiger charge is 2.11. The molecule has 1 aliphatic rings. The number of aryl methyl sites for hydroxylation is 1. The minimum absolute atomic E-state index is 0.100. The van der Waals surface area contributed by atoms with Crippen molar-refractivity contribution in [3.63, 3.8) is 0 Å². The van der Waals surface area contributed by atoms with E-state index >= 15 is 0 Å². The number of amidine groups is 1. The Balaban J connectivity index is 0.000000956. The summed E-state index contributed by atoms with van der Waals surface area (Å²) >= 11 is 0. The van der Waals surface area contributed by atoms with Gasteiger partial charge < -0.3 is 5.32 Å². The summed E-state index contributed by atoms with van der Waals surface area (Å²) in [7, 11) is 1.79. The number of carbonyl (C=O) groups excluding carboxylic acids is 1. The second kappa shape index (κ2) is 8.16. The van der Waals surface area contributed by atoms with Crippen LogP contribution in [0, 0.1) is 0 Å². The zero-order valence-corrected chi connectivity index (χ0v) is 12.5. The maximum absolute atomic E-state index is 11.9. The Morgan fingerprint density at radius 1 is 1.30 bits per heavy atom. The molecule has 0 saturated heterocycles. The van der Waals surface area contributed by atoms with Crippen LogP contribution in [0.1, 0.15) is 36.7 Å². The van der Waals surface area contributed by atoms with Gasteiger partial charge in [-0.3, -0.25) is 10.2 Å². The highest BCUT2D eigenvalue weighted by molar-refractivity contribution is 5.97. The van der Waals surface area contributed by atoms with E-state index in [1.165, 1.54) is 5.56 Å². The standard InChI is InChI=1S/C12H17N5O.C2H6/c1-3-9-4-6-10(7-5-9)12(18)13-8-11-14-16-17(2)15-11;1-2/h4-7,16H,3,8H2,1-2H3,(H,13,18)(H,14,15);1-2H3. The third-order valence-corrected chi connectivity index (χ3v) is 2.67. The van der Waals surface area contributed by atoms with E-state index in [2.05, 4.69) is 28.3 Å². The van der Waals surface area contributed by atoms with Crippen molar-refractivity contribution in [2.75, 3.05) is 13.6 Å². The van der Waals surface area contributed by atoms with Crippen LogP contribution in [0.25, 0.3) is 0 Å². The lowest BCUT2D eigenvalue weighted by molar-refractivity contribution is 0.0958. The Labute approximate surface area is 120 Å². The van der Waals surface area contributed by atoms with Crippen LogP contribution in [0.2, 0.25) is 0 Å². The molecule has 0 bridgehead atoms. The summed E-state index contributed by atoms with van der Waals surface area (Å²) < 4.78 is 0. The van der Waals surface area contributed by atoms with Crippen molar-refractivity contribution < 1.29 is 4.79 Å². The van der Waals surface area contributed by atoms with E-state index in [1.807, 2.05) is 38.1 Å². The molecule has 0 saturated carbocycles. The number of hydrogen-bond donors (Lipinski definition) is 3. The normalized spacial score (nSPS) is 13.5. The van der Waals surface area contributed by atoms with Crippen molar-refractivity contribution in [3.05, 3.63) is 35.4 Å². The first-order valence-corrected chi connectivity index (χ1v) is 6.88. The molecular weight excluding hydrogens is 254 g/mol. The van der Waals surface area contributed by atoms with Gasteiger partial charge in [0.05, 0.1) is 6.54 Å². The van der Waals surface area contributed by atoms with Gasteiger partial charge >= 0.3 is 0 Å². The fraction of sp³-hybridized carbons (Fsp3) is 0.429. The molecule has 1 aromatic carbocycles. The van der Waals surface area contributed by atoms with Crippen LogP contribution in [-0.4, -0.2) is 30.5 Å². The number of hydrazone groups is 1. The van der Waals surface area contributed by atoms with Gasteiger partial charge in [0, 0.05) is 12.6 Å². The molecule has 0 aromatic heterocycles. The van der Waals surface area contributed by atoms with Gasteiger partial charge in [-0.2, -0.15) is 0 Å². The van der Waals surface area contributed by atoms with E-state index < -0.39 is 0 Å². The van der Waals surface area contributed by atoms with Gasteiger partial charge in [-0.25, -0.2) is 5.53 Å². The van der Waals surface area contributed by atoms with Crippen LogP contribution in [0.5, 0.6) is 0 Å². The quantitative estimate of drug-likeness (QED) is 0.775. The first-order valence-electron chi connectivity index (χ1n) is 6.88. The highest BCUT2D eigenvalue weighted by atomic mass is 16.1. The molecule has 1 aromatic rings. The van der Waals surface area contributed by atoms with E-state index in [1.54, 1.807) is 12.2 Å². The van der Waals surface area contributed by atoms with Crippen molar-refractivity contribution in [2.24, 2.45) is 5.10 Å². The average Bonchev–Trinajstić information content (AvgIpc) is 2.92. The molecule has 3 N–H and O–H groups in total. The number of hydrazine groups is 2. The van der Waals surface area contributed by atoms with Gasteiger partial charge in [0.1, 0.15) is 0 Å². The molecule has 0 radical (unpaired) electrons. The van der Waals surface area contributed by atoms with Crippen LogP contribution in [0.3, 0.4) is 0 Å². The van der Waals surface area contributed by atoms with Crippen molar-refractivity contribution >= 4 is 11.7 Å². The lowest BCUT2D eigenvalue weighted by atomic mass is 10.1. The summed E-state index contributed by atoms with van der Waals surface area (Å²) in [6.45, 7) is 6.45. The van der Waals surface area contributed by atoms with Crippen LogP contribution >= 0.6 is 0 Å². The van der Waals surface area contributed by atoms with E-state index in [-0.39, 0.29) is 5.91 Å². The summed E-state index contributed by atoms with van der Waals surface area (Å²) in [5.41, 5.74) is 7.52. The number of rotatable bonds is 4. The van der Waals surface area contributed by atoms with Gasteiger partial charge in [-0.1, -0.05) is 32.9 Å². The van der Waals surface area contributed by atoms with Crippen LogP contribution in [0.15, 0.2) is 29.4 Å². The van der Waals surface area contributed by atoms with Gasteiger partial charge in [-0.05, 0) is 24.1 Å². The van der Waals surface area contributed by atoms with Gasteiger partial charge in [-0.15, -0.1) is 10.2 Å². The maximum atomic E-state index is 11.9. The lowest BCUT2D eigenvalue weighted by Gasteiger charge is -2.09. The molecule has 0 aliphatic carbocycles. The molecule has 1 heterocycles. The molecular formula is C14H23N5O. The largest absolute Gasteiger partial charge is 0.345 e. The van der Waals surface area contributed by atoms with Gasteiger partial charge in [0.15, 0.2) is 5.84 Å². The zero-order valence-electron chi connectivity index (χ0n) is 12.5. The van der Waals surface area contributed by atoms with Crippen molar-refractivity contribution in [1.82, 2.24) is 21.4 Å². The number of nitrogens with one attached hydrogen (secondary N) is 3. The molecule has 0 spiro atoms. The minimum Gasteiger partial charge on any atom is -0.345 e. The summed E-state index contributed by atoms with van der Waals surface area (Å²) in [6, 6.07) is 7.61. The first kappa shape index (κ1) is 16.0. The second-order valence-corrected chi connectivity index (χ2v) is 4.06. The Bertz CT molecular complexity index is 455. The number of carbonyl (C=O) groups is 1. The molecule has 2 rings (SSSR count). The smallest absolute Gasteiger partial charge is 0.251 e.